The number of phenols is 1. The maximum atomic E-state index is 12.8. The molecule has 2 aromatic heterocycles. The molecule has 0 aliphatic heterocycles. The lowest BCUT2D eigenvalue weighted by molar-refractivity contribution is 0.0527. The van der Waals surface area contributed by atoms with Gasteiger partial charge < -0.3 is 19.6 Å². The van der Waals surface area contributed by atoms with Crippen LogP contribution in [-0.2, 0) is 17.6 Å². The second-order valence-electron chi connectivity index (χ2n) is 6.42. The van der Waals surface area contributed by atoms with Crippen molar-refractivity contribution in [2.24, 2.45) is 0 Å². The summed E-state index contributed by atoms with van der Waals surface area (Å²) in [6, 6.07) is 6.24. The first-order valence-electron chi connectivity index (χ1n) is 8.93. The summed E-state index contributed by atoms with van der Waals surface area (Å²) in [5.41, 5.74) is 1.15. The van der Waals surface area contributed by atoms with Gasteiger partial charge in [-0.15, -0.1) is 11.3 Å². The van der Waals surface area contributed by atoms with Gasteiger partial charge in [-0.25, -0.2) is 4.79 Å². The summed E-state index contributed by atoms with van der Waals surface area (Å²) >= 11 is 1.37. The molecular weight excluding hydrogens is 380 g/mol. The molecular formula is C20H18N2O5S. The number of phenolic OH excluding ortho intramolecular Hbond substituents is 1. The number of para-hydroxylation sites is 1. The highest BCUT2D eigenvalue weighted by Gasteiger charge is 2.28. The highest BCUT2D eigenvalue weighted by atomic mass is 32.1. The summed E-state index contributed by atoms with van der Waals surface area (Å²) < 4.78 is 10.5. The summed E-state index contributed by atoms with van der Waals surface area (Å²) in [5, 5.41) is 21.6. The smallest absolute Gasteiger partial charge is 0.341 e. The number of rotatable bonds is 4. The van der Waals surface area contributed by atoms with Gasteiger partial charge in [-0.1, -0.05) is 12.1 Å². The van der Waals surface area contributed by atoms with Crippen molar-refractivity contribution < 1.29 is 23.8 Å². The fourth-order valence-electron chi connectivity index (χ4n) is 3.40. The van der Waals surface area contributed by atoms with Crippen molar-refractivity contribution >= 4 is 39.2 Å². The molecule has 0 saturated carbocycles. The Morgan fingerprint density at radius 3 is 2.96 bits per heavy atom. The van der Waals surface area contributed by atoms with Gasteiger partial charge in [0.15, 0.2) is 11.3 Å². The number of ether oxygens (including phenoxy) is 1. The van der Waals surface area contributed by atoms with Crippen LogP contribution in [0.15, 0.2) is 28.7 Å². The number of fused-ring (bicyclic) bond motifs is 2. The van der Waals surface area contributed by atoms with E-state index in [2.05, 4.69) is 5.32 Å². The lowest BCUT2D eigenvalue weighted by Gasteiger charge is -2.08. The van der Waals surface area contributed by atoms with Crippen LogP contribution in [0.2, 0.25) is 0 Å². The van der Waals surface area contributed by atoms with E-state index in [9.17, 15) is 14.7 Å². The fraction of sp³-hybridized carbons (Fsp3) is 0.250. The first-order valence-corrected chi connectivity index (χ1v) is 9.74. The molecule has 3 aromatic rings. The SMILES string of the molecule is CCOC(=O)c1c(NC(=O)c2cc3cccc(O)c3oc2=N)sc2c1CCC2. The van der Waals surface area contributed by atoms with Gasteiger partial charge in [0.05, 0.1) is 12.2 Å². The first-order chi connectivity index (χ1) is 13.5. The Morgan fingerprint density at radius 2 is 2.18 bits per heavy atom. The van der Waals surface area contributed by atoms with Crippen LogP contribution in [0.4, 0.5) is 5.00 Å². The van der Waals surface area contributed by atoms with E-state index in [-0.39, 0.29) is 29.1 Å². The van der Waals surface area contributed by atoms with E-state index in [1.807, 2.05) is 0 Å². The molecule has 1 amide bonds. The van der Waals surface area contributed by atoms with E-state index >= 15 is 0 Å². The number of anilines is 1. The molecule has 8 heteroatoms. The Bertz CT molecular complexity index is 1160. The molecule has 7 nitrogen and oxygen atoms in total. The van der Waals surface area contributed by atoms with E-state index in [1.165, 1.54) is 23.5 Å². The maximum absolute atomic E-state index is 12.8. The third-order valence-corrected chi connectivity index (χ3v) is 5.85. The number of esters is 1. The topological polar surface area (TPSA) is 113 Å². The Labute approximate surface area is 164 Å². The number of hydrogen-bond acceptors (Lipinski definition) is 7. The van der Waals surface area contributed by atoms with Gasteiger partial charge in [0.25, 0.3) is 5.91 Å². The van der Waals surface area contributed by atoms with E-state index in [0.29, 0.717) is 16.0 Å². The molecule has 0 spiro atoms. The fourth-order valence-corrected chi connectivity index (χ4v) is 4.67. The molecule has 1 aromatic carbocycles. The zero-order valence-corrected chi connectivity index (χ0v) is 15.9. The molecule has 3 N–H and O–H groups in total. The molecule has 0 fully saturated rings. The second-order valence-corrected chi connectivity index (χ2v) is 7.53. The molecule has 1 aliphatic rings. The van der Waals surface area contributed by atoms with Crippen LogP contribution in [0.25, 0.3) is 11.0 Å². The average Bonchev–Trinajstić information content (AvgIpc) is 3.22. The summed E-state index contributed by atoms with van der Waals surface area (Å²) in [7, 11) is 0. The average molecular weight is 398 g/mol. The van der Waals surface area contributed by atoms with Crippen molar-refractivity contribution in [1.29, 1.82) is 5.41 Å². The Hall–Kier alpha value is -3.13. The van der Waals surface area contributed by atoms with Gasteiger partial charge in [-0.2, -0.15) is 0 Å². The van der Waals surface area contributed by atoms with E-state index in [1.54, 1.807) is 19.1 Å². The van der Waals surface area contributed by atoms with Gasteiger partial charge >= 0.3 is 5.97 Å². The number of aromatic hydroxyl groups is 1. The van der Waals surface area contributed by atoms with Crippen LogP contribution in [0.1, 0.15) is 44.5 Å². The molecule has 144 valence electrons. The summed E-state index contributed by atoms with van der Waals surface area (Å²) in [6.45, 7) is 1.99. The second kappa shape index (κ2) is 7.12. The van der Waals surface area contributed by atoms with Gasteiger partial charge in [0, 0.05) is 10.3 Å². The van der Waals surface area contributed by atoms with Crippen molar-refractivity contribution in [2.45, 2.75) is 26.2 Å². The van der Waals surface area contributed by atoms with Crippen LogP contribution in [0, 0.1) is 5.41 Å². The van der Waals surface area contributed by atoms with Crippen molar-refractivity contribution in [3.8, 4) is 5.75 Å². The van der Waals surface area contributed by atoms with Gasteiger partial charge in [0.1, 0.15) is 10.6 Å². The summed E-state index contributed by atoms with van der Waals surface area (Å²) in [5.74, 6) is -1.10. The standard InChI is InChI=1S/C20H18N2O5S/c1-2-26-20(25)15-11-6-4-8-14(11)28-19(15)22-18(24)12-9-10-5-3-7-13(23)16(10)27-17(12)21/h3,5,7,9,21,23H,2,4,6,8H2,1H3,(H,22,24). The zero-order chi connectivity index (χ0) is 19.8. The minimum absolute atomic E-state index is 0.0152. The van der Waals surface area contributed by atoms with Crippen molar-refractivity contribution in [1.82, 2.24) is 0 Å². The zero-order valence-electron chi connectivity index (χ0n) is 15.1. The van der Waals surface area contributed by atoms with E-state index < -0.39 is 11.9 Å². The Balaban J connectivity index is 1.72. The quantitative estimate of drug-likeness (QED) is 0.581. The van der Waals surface area contributed by atoms with Crippen molar-refractivity contribution in [2.75, 3.05) is 11.9 Å². The molecule has 0 radical (unpaired) electrons. The third-order valence-electron chi connectivity index (χ3n) is 4.65. The number of thiophene rings is 1. The van der Waals surface area contributed by atoms with E-state index in [4.69, 9.17) is 14.6 Å². The van der Waals surface area contributed by atoms with Gasteiger partial charge in [0.2, 0.25) is 5.55 Å². The lowest BCUT2D eigenvalue weighted by Crippen LogP contribution is -2.21. The highest BCUT2D eigenvalue weighted by molar-refractivity contribution is 7.17. The Kier molecular flexibility index (Phi) is 4.64. The highest BCUT2D eigenvalue weighted by Crippen LogP contribution is 2.39. The molecule has 1 aliphatic carbocycles. The number of carbonyl (C=O) groups excluding carboxylic acids is 2. The lowest BCUT2D eigenvalue weighted by atomic mass is 10.1. The van der Waals surface area contributed by atoms with Crippen LogP contribution in [-0.4, -0.2) is 23.6 Å². The van der Waals surface area contributed by atoms with Crippen LogP contribution >= 0.6 is 11.3 Å². The minimum atomic E-state index is -0.551. The first kappa shape index (κ1) is 18.2. The molecule has 28 heavy (non-hydrogen) atoms. The number of amides is 1. The van der Waals surface area contributed by atoms with Gasteiger partial charge in [-0.05, 0) is 43.9 Å². The van der Waals surface area contributed by atoms with Crippen LogP contribution < -0.4 is 10.9 Å². The predicted octanol–water partition coefficient (Wildman–Crippen LogP) is 3.60. The number of benzene rings is 1. The largest absolute Gasteiger partial charge is 0.504 e. The summed E-state index contributed by atoms with van der Waals surface area (Å²) in [4.78, 5) is 26.3. The monoisotopic (exact) mass is 398 g/mol. The van der Waals surface area contributed by atoms with Crippen molar-refractivity contribution in [3.63, 3.8) is 0 Å². The third kappa shape index (κ3) is 3.05. The maximum Gasteiger partial charge on any atom is 0.341 e. The van der Waals surface area contributed by atoms with Crippen LogP contribution in [0.5, 0.6) is 5.75 Å². The van der Waals surface area contributed by atoms with Crippen molar-refractivity contribution in [3.05, 3.63) is 51.4 Å². The minimum Gasteiger partial charge on any atom is -0.504 e. The normalized spacial score (nSPS) is 12.8. The Morgan fingerprint density at radius 1 is 1.36 bits per heavy atom. The molecule has 0 atom stereocenters. The van der Waals surface area contributed by atoms with Crippen LogP contribution in [0.3, 0.4) is 0 Å². The number of carbonyl (C=O) groups is 2. The number of aryl methyl sites for hydroxylation is 1. The molecule has 4 rings (SSSR count). The molecule has 2 heterocycles. The van der Waals surface area contributed by atoms with Gasteiger partial charge in [-0.3, -0.25) is 10.2 Å². The summed E-state index contributed by atoms with van der Waals surface area (Å²) in [6.07, 6.45) is 2.63. The number of nitrogens with one attached hydrogen (secondary N) is 2. The number of hydrogen-bond donors (Lipinski definition) is 3. The predicted molar refractivity (Wildman–Crippen MR) is 104 cm³/mol. The molecule has 0 saturated heterocycles. The molecule has 0 unspecified atom stereocenters. The van der Waals surface area contributed by atoms with E-state index in [0.717, 1.165) is 29.7 Å². The molecule has 0 bridgehead atoms.